The zero-order valence-electron chi connectivity index (χ0n) is 10.7. The molecule has 1 aliphatic rings. The van der Waals surface area contributed by atoms with E-state index in [1.54, 1.807) is 23.5 Å². The summed E-state index contributed by atoms with van der Waals surface area (Å²) in [6.45, 7) is 0. The Morgan fingerprint density at radius 2 is 2.16 bits per heavy atom. The highest BCUT2D eigenvalue weighted by Gasteiger charge is 2.27. The summed E-state index contributed by atoms with van der Waals surface area (Å²) >= 11 is 1.77. The van der Waals surface area contributed by atoms with Crippen LogP contribution in [0.1, 0.15) is 34.8 Å². The van der Waals surface area contributed by atoms with Gasteiger partial charge in [-0.25, -0.2) is 4.39 Å². The van der Waals surface area contributed by atoms with E-state index in [4.69, 9.17) is 0 Å². The zero-order chi connectivity index (χ0) is 13.2. The van der Waals surface area contributed by atoms with Crippen LogP contribution in [0.25, 0.3) is 0 Å². The van der Waals surface area contributed by atoms with Gasteiger partial charge in [0.25, 0.3) is 0 Å². The summed E-state index contributed by atoms with van der Waals surface area (Å²) < 4.78 is 13.6. The third kappa shape index (κ3) is 2.58. The maximum absolute atomic E-state index is 13.6. The van der Waals surface area contributed by atoms with Gasteiger partial charge in [0, 0.05) is 17.2 Å². The molecule has 3 heteroatoms. The van der Waals surface area contributed by atoms with E-state index in [2.05, 4.69) is 11.4 Å². The number of aliphatic hydroxyl groups excluding tert-OH is 1. The van der Waals surface area contributed by atoms with Crippen LogP contribution in [0.4, 0.5) is 4.39 Å². The number of aryl methyl sites for hydroxylation is 1. The molecule has 0 amide bonds. The Morgan fingerprint density at radius 1 is 1.32 bits per heavy atom. The molecule has 19 heavy (non-hydrogen) atoms. The Kier molecular flexibility index (Phi) is 3.67. The van der Waals surface area contributed by atoms with Crippen molar-refractivity contribution in [1.29, 1.82) is 0 Å². The summed E-state index contributed by atoms with van der Waals surface area (Å²) in [5.74, 6) is -0.0579. The van der Waals surface area contributed by atoms with Gasteiger partial charge in [-0.2, -0.15) is 0 Å². The summed E-state index contributed by atoms with van der Waals surface area (Å²) in [6, 6.07) is 8.84. The number of aliphatic hydroxyl groups is 1. The van der Waals surface area contributed by atoms with E-state index >= 15 is 0 Å². The molecule has 0 radical (unpaired) electrons. The second kappa shape index (κ2) is 5.43. The van der Waals surface area contributed by atoms with Crippen LogP contribution in [0, 0.1) is 5.82 Å². The Hall–Kier alpha value is -1.19. The number of thiophene rings is 1. The Balaban J connectivity index is 1.79. The van der Waals surface area contributed by atoms with Crippen LogP contribution in [-0.4, -0.2) is 11.2 Å². The lowest BCUT2D eigenvalue weighted by Gasteiger charge is -2.27. The second-order valence-corrected chi connectivity index (χ2v) is 6.16. The van der Waals surface area contributed by atoms with Gasteiger partial charge in [0.1, 0.15) is 5.82 Å². The molecule has 2 atom stereocenters. The first-order chi connectivity index (χ1) is 9.25. The molecule has 0 saturated carbocycles. The molecule has 1 aliphatic carbocycles. The molecule has 0 spiro atoms. The average Bonchev–Trinajstić information content (AvgIpc) is 2.89. The van der Waals surface area contributed by atoms with Gasteiger partial charge < -0.3 is 5.11 Å². The van der Waals surface area contributed by atoms with Crippen LogP contribution in [0.15, 0.2) is 35.7 Å². The van der Waals surface area contributed by atoms with Crippen LogP contribution < -0.4 is 0 Å². The van der Waals surface area contributed by atoms with Crippen molar-refractivity contribution in [2.45, 2.75) is 37.7 Å². The van der Waals surface area contributed by atoms with Crippen molar-refractivity contribution in [3.8, 4) is 0 Å². The van der Waals surface area contributed by atoms with E-state index in [-0.39, 0.29) is 11.7 Å². The topological polar surface area (TPSA) is 20.2 Å². The summed E-state index contributed by atoms with van der Waals surface area (Å²) in [5, 5.41) is 12.6. The van der Waals surface area contributed by atoms with E-state index in [0.29, 0.717) is 12.0 Å². The van der Waals surface area contributed by atoms with E-state index in [1.807, 2.05) is 6.07 Å². The second-order valence-electron chi connectivity index (χ2n) is 5.16. The largest absolute Gasteiger partial charge is 0.392 e. The van der Waals surface area contributed by atoms with Crippen LogP contribution in [0.3, 0.4) is 0 Å². The average molecular weight is 276 g/mol. The minimum absolute atomic E-state index is 0.162. The fraction of sp³-hybridized carbons (Fsp3) is 0.375. The molecular weight excluding hydrogens is 259 g/mol. The minimum Gasteiger partial charge on any atom is -0.392 e. The monoisotopic (exact) mass is 276 g/mol. The number of benzene rings is 1. The molecule has 1 aromatic carbocycles. The lowest BCUT2D eigenvalue weighted by molar-refractivity contribution is 0.134. The highest BCUT2D eigenvalue weighted by atomic mass is 32.1. The normalized spacial score (nSPS) is 20.0. The smallest absolute Gasteiger partial charge is 0.126 e. The third-order valence-corrected chi connectivity index (χ3v) is 4.95. The van der Waals surface area contributed by atoms with Crippen molar-refractivity contribution in [2.75, 3.05) is 0 Å². The lowest BCUT2D eigenvalue weighted by atomic mass is 9.82. The first-order valence-electron chi connectivity index (χ1n) is 6.73. The Labute approximate surface area is 116 Å². The fourth-order valence-electron chi connectivity index (χ4n) is 2.95. The molecule has 0 bridgehead atoms. The van der Waals surface area contributed by atoms with E-state index < -0.39 is 6.10 Å². The van der Waals surface area contributed by atoms with Gasteiger partial charge in [-0.05, 0) is 47.9 Å². The predicted octanol–water partition coefficient (Wildman–Crippen LogP) is 3.91. The molecule has 0 fully saturated rings. The maximum atomic E-state index is 13.6. The van der Waals surface area contributed by atoms with Gasteiger partial charge in [-0.15, -0.1) is 11.3 Å². The van der Waals surface area contributed by atoms with E-state index in [1.165, 1.54) is 16.5 Å². The van der Waals surface area contributed by atoms with Crippen LogP contribution in [-0.2, 0) is 12.8 Å². The molecule has 1 aromatic heterocycles. The van der Waals surface area contributed by atoms with Crippen LogP contribution in [0.2, 0.25) is 0 Å². The zero-order valence-corrected chi connectivity index (χ0v) is 11.5. The van der Waals surface area contributed by atoms with E-state index in [9.17, 15) is 9.50 Å². The fourth-order valence-corrected chi connectivity index (χ4v) is 3.95. The van der Waals surface area contributed by atoms with Crippen LogP contribution in [0.5, 0.6) is 0 Å². The summed E-state index contributed by atoms with van der Waals surface area (Å²) in [6.07, 6.45) is 3.14. The van der Waals surface area contributed by atoms with Gasteiger partial charge in [0.15, 0.2) is 0 Å². The number of rotatable bonds is 3. The quantitative estimate of drug-likeness (QED) is 0.901. The van der Waals surface area contributed by atoms with Gasteiger partial charge in [-0.3, -0.25) is 0 Å². The number of hydrogen-bond donors (Lipinski definition) is 1. The standard InChI is InChI=1S/C16H17FOS/c17-14-6-2-1-4-11(14)10-15(18)12-5-3-7-16-13(12)8-9-19-16/h1-2,4,6,8-9,12,15,18H,3,5,7,10H2. The van der Waals surface area contributed by atoms with Crippen molar-refractivity contribution < 1.29 is 9.50 Å². The first-order valence-corrected chi connectivity index (χ1v) is 7.61. The molecule has 1 heterocycles. The number of fused-ring (bicyclic) bond motifs is 1. The molecule has 1 N–H and O–H groups in total. The van der Waals surface area contributed by atoms with Crippen molar-refractivity contribution in [1.82, 2.24) is 0 Å². The Bertz CT molecular complexity index is 563. The van der Waals surface area contributed by atoms with Crippen LogP contribution >= 0.6 is 11.3 Å². The maximum Gasteiger partial charge on any atom is 0.126 e. The summed E-state index contributed by atoms with van der Waals surface area (Å²) in [4.78, 5) is 1.39. The Morgan fingerprint density at radius 3 is 3.00 bits per heavy atom. The highest BCUT2D eigenvalue weighted by molar-refractivity contribution is 7.10. The molecule has 0 aliphatic heterocycles. The van der Waals surface area contributed by atoms with Crippen molar-refractivity contribution in [2.24, 2.45) is 0 Å². The molecule has 2 aromatic rings. The van der Waals surface area contributed by atoms with Crippen molar-refractivity contribution in [3.63, 3.8) is 0 Å². The summed E-state index contributed by atoms with van der Waals surface area (Å²) in [7, 11) is 0. The highest BCUT2D eigenvalue weighted by Crippen LogP contribution is 2.37. The van der Waals surface area contributed by atoms with Gasteiger partial charge in [-0.1, -0.05) is 18.2 Å². The molecule has 2 unspecified atom stereocenters. The number of halogens is 1. The lowest BCUT2D eigenvalue weighted by Crippen LogP contribution is -2.24. The van der Waals surface area contributed by atoms with Crippen molar-refractivity contribution in [3.05, 3.63) is 57.5 Å². The third-order valence-electron chi connectivity index (χ3n) is 3.95. The minimum atomic E-state index is -0.495. The number of hydrogen-bond acceptors (Lipinski definition) is 2. The predicted molar refractivity (Wildman–Crippen MR) is 76.1 cm³/mol. The van der Waals surface area contributed by atoms with E-state index in [0.717, 1.165) is 19.3 Å². The first kappa shape index (κ1) is 12.8. The summed E-state index contributed by atoms with van der Waals surface area (Å²) in [5.41, 5.74) is 1.89. The molecule has 100 valence electrons. The van der Waals surface area contributed by atoms with Gasteiger partial charge >= 0.3 is 0 Å². The van der Waals surface area contributed by atoms with Gasteiger partial charge in [0.2, 0.25) is 0 Å². The van der Waals surface area contributed by atoms with Gasteiger partial charge in [0.05, 0.1) is 6.10 Å². The molecular formula is C16H17FOS. The SMILES string of the molecule is OC(Cc1ccccc1F)C1CCCc2sccc21. The molecule has 0 saturated heterocycles. The molecule has 1 nitrogen and oxygen atoms in total. The molecule has 3 rings (SSSR count). The van der Waals surface area contributed by atoms with Crippen molar-refractivity contribution >= 4 is 11.3 Å².